The first-order valence-corrected chi connectivity index (χ1v) is 11.4. The fourth-order valence-electron chi connectivity index (χ4n) is 3.87. The summed E-state index contributed by atoms with van der Waals surface area (Å²) in [6.07, 6.45) is 0.786. The van der Waals surface area contributed by atoms with Crippen LogP contribution in [0.5, 0.6) is 11.5 Å². The van der Waals surface area contributed by atoms with Gasteiger partial charge in [0.25, 0.3) is 0 Å². The Morgan fingerprint density at radius 1 is 0.971 bits per heavy atom. The number of hydrogen-bond donors (Lipinski definition) is 0. The maximum Gasteiger partial charge on any atom is 0.249 e. The molecule has 2 aromatic rings. The number of rotatable bonds is 10. The zero-order chi connectivity index (χ0) is 24.5. The predicted molar refractivity (Wildman–Crippen MR) is 128 cm³/mol. The smallest absolute Gasteiger partial charge is 0.249 e. The van der Waals surface area contributed by atoms with Crippen LogP contribution in [0.15, 0.2) is 30.3 Å². The standard InChI is InChI=1S/C24H33N5O5/c1-5-10-29(24(31)17-32-2)16-23(30)28-13-11-27(12-14-28)22-9-7-19(25-26-22)18-6-8-20(33-3)21(15-18)34-4/h6-9,15H,5,10-14,16-17H2,1-4H3. The van der Waals surface area contributed by atoms with Crippen molar-refractivity contribution in [1.29, 1.82) is 0 Å². The number of aromatic nitrogens is 2. The lowest BCUT2D eigenvalue weighted by atomic mass is 10.1. The van der Waals surface area contributed by atoms with Gasteiger partial charge in [0, 0.05) is 45.4 Å². The zero-order valence-corrected chi connectivity index (χ0v) is 20.3. The topological polar surface area (TPSA) is 97.3 Å². The van der Waals surface area contributed by atoms with Crippen molar-refractivity contribution in [2.45, 2.75) is 13.3 Å². The van der Waals surface area contributed by atoms with E-state index in [-0.39, 0.29) is 25.0 Å². The van der Waals surface area contributed by atoms with Gasteiger partial charge in [-0.2, -0.15) is 0 Å². The normalized spacial score (nSPS) is 13.5. The first-order chi connectivity index (χ1) is 16.5. The minimum absolute atomic E-state index is 0.0149. The van der Waals surface area contributed by atoms with Gasteiger partial charge in [-0.1, -0.05) is 6.92 Å². The molecule has 0 bridgehead atoms. The molecule has 2 heterocycles. The van der Waals surface area contributed by atoms with Crippen molar-refractivity contribution in [1.82, 2.24) is 20.0 Å². The number of benzene rings is 1. The number of methoxy groups -OCH3 is 3. The Bertz CT molecular complexity index is 961. The van der Waals surface area contributed by atoms with Gasteiger partial charge in [-0.3, -0.25) is 9.59 Å². The Morgan fingerprint density at radius 2 is 1.71 bits per heavy atom. The van der Waals surface area contributed by atoms with Crippen LogP contribution in [0.3, 0.4) is 0 Å². The Balaban J connectivity index is 1.58. The highest BCUT2D eigenvalue weighted by molar-refractivity contribution is 5.85. The summed E-state index contributed by atoms with van der Waals surface area (Å²) in [6, 6.07) is 9.47. The van der Waals surface area contributed by atoms with Crippen molar-refractivity contribution in [2.75, 3.05) is 72.1 Å². The second kappa shape index (κ2) is 12.2. The van der Waals surface area contributed by atoms with Crippen molar-refractivity contribution in [2.24, 2.45) is 0 Å². The number of carbonyl (C=O) groups is 2. The van der Waals surface area contributed by atoms with Gasteiger partial charge in [-0.15, -0.1) is 10.2 Å². The SMILES string of the molecule is CCCN(CC(=O)N1CCN(c2ccc(-c3ccc(OC)c(OC)c3)nn2)CC1)C(=O)COC. The van der Waals surface area contributed by atoms with Crippen LogP contribution in [0.1, 0.15) is 13.3 Å². The molecule has 0 unspecified atom stereocenters. The van der Waals surface area contributed by atoms with Gasteiger partial charge < -0.3 is 28.9 Å². The Labute approximate surface area is 200 Å². The third-order valence-corrected chi connectivity index (χ3v) is 5.73. The van der Waals surface area contributed by atoms with Crippen LogP contribution in [-0.4, -0.2) is 99.0 Å². The van der Waals surface area contributed by atoms with E-state index in [1.165, 1.54) is 7.11 Å². The summed E-state index contributed by atoms with van der Waals surface area (Å²) in [5.74, 6) is 1.84. The molecule has 0 atom stereocenters. The highest BCUT2D eigenvalue weighted by Gasteiger charge is 2.25. The summed E-state index contributed by atoms with van der Waals surface area (Å²) in [4.78, 5) is 30.4. The number of piperazine rings is 1. The third-order valence-electron chi connectivity index (χ3n) is 5.73. The van der Waals surface area contributed by atoms with E-state index in [0.717, 1.165) is 23.5 Å². The number of hydrogen-bond acceptors (Lipinski definition) is 8. The van der Waals surface area contributed by atoms with Crippen molar-refractivity contribution in [3.8, 4) is 22.8 Å². The van der Waals surface area contributed by atoms with Gasteiger partial charge in [0.2, 0.25) is 11.8 Å². The fourth-order valence-corrected chi connectivity index (χ4v) is 3.87. The van der Waals surface area contributed by atoms with E-state index in [1.54, 1.807) is 24.0 Å². The highest BCUT2D eigenvalue weighted by Crippen LogP contribution is 2.31. The molecule has 34 heavy (non-hydrogen) atoms. The maximum absolute atomic E-state index is 12.8. The summed E-state index contributed by atoms with van der Waals surface area (Å²) in [5, 5.41) is 8.78. The number of anilines is 1. The minimum atomic E-state index is -0.166. The van der Waals surface area contributed by atoms with Gasteiger partial charge >= 0.3 is 0 Å². The summed E-state index contributed by atoms with van der Waals surface area (Å²) in [6.45, 7) is 5.01. The Kier molecular flexibility index (Phi) is 9.03. The molecule has 1 aliphatic rings. The monoisotopic (exact) mass is 471 g/mol. The van der Waals surface area contributed by atoms with Crippen LogP contribution in [0, 0.1) is 0 Å². The summed E-state index contributed by atoms with van der Waals surface area (Å²) in [5.41, 5.74) is 1.61. The Morgan fingerprint density at radius 3 is 2.29 bits per heavy atom. The van der Waals surface area contributed by atoms with Gasteiger partial charge in [0.1, 0.15) is 6.61 Å². The molecule has 3 rings (SSSR count). The van der Waals surface area contributed by atoms with E-state index in [0.29, 0.717) is 44.2 Å². The zero-order valence-electron chi connectivity index (χ0n) is 20.3. The van der Waals surface area contributed by atoms with Gasteiger partial charge in [0.05, 0.1) is 26.5 Å². The lowest BCUT2D eigenvalue weighted by Gasteiger charge is -2.36. The van der Waals surface area contributed by atoms with Gasteiger partial charge in [0.15, 0.2) is 17.3 Å². The molecule has 1 aliphatic heterocycles. The van der Waals surface area contributed by atoms with Gasteiger partial charge in [-0.25, -0.2) is 0 Å². The van der Waals surface area contributed by atoms with Crippen LogP contribution in [0.2, 0.25) is 0 Å². The molecule has 0 aliphatic carbocycles. The van der Waals surface area contributed by atoms with Crippen molar-refractivity contribution in [3.05, 3.63) is 30.3 Å². The van der Waals surface area contributed by atoms with Crippen LogP contribution in [-0.2, 0) is 14.3 Å². The lowest BCUT2D eigenvalue weighted by Crippen LogP contribution is -2.52. The first-order valence-electron chi connectivity index (χ1n) is 11.4. The lowest BCUT2D eigenvalue weighted by molar-refractivity contribution is -0.142. The van der Waals surface area contributed by atoms with Crippen molar-refractivity contribution in [3.63, 3.8) is 0 Å². The fraction of sp³-hybridized carbons (Fsp3) is 0.500. The highest BCUT2D eigenvalue weighted by atomic mass is 16.5. The summed E-state index contributed by atoms with van der Waals surface area (Å²) >= 11 is 0. The number of carbonyl (C=O) groups excluding carboxylic acids is 2. The Hall–Kier alpha value is -3.40. The molecule has 0 radical (unpaired) electrons. The van der Waals surface area contributed by atoms with Crippen LogP contribution < -0.4 is 14.4 Å². The van der Waals surface area contributed by atoms with Crippen LogP contribution in [0.4, 0.5) is 5.82 Å². The van der Waals surface area contributed by atoms with E-state index in [2.05, 4.69) is 15.1 Å². The summed E-state index contributed by atoms with van der Waals surface area (Å²) < 4.78 is 15.6. The number of nitrogens with zero attached hydrogens (tertiary/aromatic N) is 5. The molecule has 0 N–H and O–H groups in total. The molecule has 1 fully saturated rings. The quantitative estimate of drug-likeness (QED) is 0.517. The second-order valence-electron chi connectivity index (χ2n) is 7.96. The molecule has 184 valence electrons. The van der Waals surface area contributed by atoms with E-state index < -0.39 is 0 Å². The molecule has 1 aromatic heterocycles. The van der Waals surface area contributed by atoms with Crippen molar-refractivity contribution < 1.29 is 23.8 Å². The number of ether oxygens (including phenoxy) is 3. The molecular formula is C24H33N5O5. The summed E-state index contributed by atoms with van der Waals surface area (Å²) in [7, 11) is 4.67. The van der Waals surface area contributed by atoms with E-state index in [1.807, 2.05) is 37.3 Å². The molecular weight excluding hydrogens is 438 g/mol. The average molecular weight is 472 g/mol. The van der Waals surface area contributed by atoms with Crippen LogP contribution in [0.25, 0.3) is 11.3 Å². The molecule has 2 amide bonds. The molecule has 1 saturated heterocycles. The minimum Gasteiger partial charge on any atom is -0.493 e. The molecule has 10 heteroatoms. The van der Waals surface area contributed by atoms with Crippen molar-refractivity contribution >= 4 is 17.6 Å². The predicted octanol–water partition coefficient (Wildman–Crippen LogP) is 1.69. The average Bonchev–Trinajstić information content (AvgIpc) is 2.88. The maximum atomic E-state index is 12.8. The molecule has 0 spiro atoms. The molecule has 10 nitrogen and oxygen atoms in total. The van der Waals surface area contributed by atoms with E-state index in [9.17, 15) is 9.59 Å². The van der Waals surface area contributed by atoms with E-state index >= 15 is 0 Å². The molecule has 1 aromatic carbocycles. The number of amides is 2. The second-order valence-corrected chi connectivity index (χ2v) is 7.96. The van der Waals surface area contributed by atoms with Crippen LogP contribution >= 0.6 is 0 Å². The third kappa shape index (κ3) is 6.13. The van der Waals surface area contributed by atoms with E-state index in [4.69, 9.17) is 14.2 Å². The first kappa shape index (κ1) is 25.2. The van der Waals surface area contributed by atoms with Gasteiger partial charge in [-0.05, 0) is 36.8 Å². The largest absolute Gasteiger partial charge is 0.493 e. The molecule has 0 saturated carbocycles.